The molecular weight excluding hydrogens is 392 g/mol. The van der Waals surface area contributed by atoms with Crippen molar-refractivity contribution in [3.8, 4) is 22.6 Å². The Labute approximate surface area is 181 Å². The highest BCUT2D eigenvalue weighted by molar-refractivity contribution is 7.99. The van der Waals surface area contributed by atoms with Gasteiger partial charge in [-0.15, -0.1) is 10.2 Å². The van der Waals surface area contributed by atoms with Crippen LogP contribution in [0.4, 0.5) is 0 Å². The van der Waals surface area contributed by atoms with Gasteiger partial charge in [-0.05, 0) is 32.9 Å². The Bertz CT molecular complexity index is 1120. The van der Waals surface area contributed by atoms with Crippen LogP contribution < -0.4 is 0 Å². The number of aromatic nitrogens is 4. The van der Waals surface area contributed by atoms with Crippen molar-refractivity contribution >= 4 is 22.7 Å². The minimum absolute atomic E-state index is 0.241. The lowest BCUT2D eigenvalue weighted by molar-refractivity contribution is 0.0920. The van der Waals surface area contributed by atoms with Gasteiger partial charge >= 0.3 is 0 Å². The monoisotopic (exact) mass is 418 g/mol. The molecule has 5 nitrogen and oxygen atoms in total. The van der Waals surface area contributed by atoms with Crippen molar-refractivity contribution in [2.75, 3.05) is 12.4 Å². The van der Waals surface area contributed by atoms with Crippen LogP contribution in [0.5, 0.6) is 0 Å². The Balaban J connectivity index is 1.75. The summed E-state index contributed by atoms with van der Waals surface area (Å²) in [7, 11) is 0. The quantitative estimate of drug-likeness (QED) is 0.271. The zero-order chi connectivity index (χ0) is 20.9. The fourth-order valence-corrected chi connectivity index (χ4v) is 4.25. The molecule has 154 valence electrons. The molecule has 0 spiro atoms. The molecule has 0 N–H and O–H groups in total. The average molecular weight is 419 g/mol. The van der Waals surface area contributed by atoms with Crippen LogP contribution in [0.25, 0.3) is 33.5 Å². The highest BCUT2D eigenvalue weighted by Gasteiger charge is 2.17. The zero-order valence-corrected chi connectivity index (χ0v) is 18.4. The number of pyridine rings is 1. The van der Waals surface area contributed by atoms with Gasteiger partial charge in [0.05, 0.1) is 23.9 Å². The summed E-state index contributed by atoms with van der Waals surface area (Å²) in [5.74, 6) is 1.73. The first-order valence-electron chi connectivity index (χ1n) is 10.3. The molecule has 0 aliphatic heterocycles. The van der Waals surface area contributed by atoms with E-state index in [4.69, 9.17) is 9.72 Å². The van der Waals surface area contributed by atoms with Crippen molar-refractivity contribution in [3.05, 3.63) is 60.7 Å². The third-order valence-corrected chi connectivity index (χ3v) is 5.76. The number of hydrogen-bond acceptors (Lipinski definition) is 5. The predicted molar refractivity (Wildman–Crippen MR) is 124 cm³/mol. The number of benzene rings is 2. The summed E-state index contributed by atoms with van der Waals surface area (Å²) in [5.41, 5.74) is 4.04. The fraction of sp³-hybridized carbons (Fsp3) is 0.292. The van der Waals surface area contributed by atoms with E-state index in [-0.39, 0.29) is 6.10 Å². The number of para-hydroxylation sites is 1. The number of fused-ring (bicyclic) bond motifs is 1. The van der Waals surface area contributed by atoms with Crippen LogP contribution in [0.2, 0.25) is 0 Å². The van der Waals surface area contributed by atoms with Crippen molar-refractivity contribution in [3.63, 3.8) is 0 Å². The molecule has 2 aromatic heterocycles. The van der Waals surface area contributed by atoms with Gasteiger partial charge in [-0.3, -0.25) is 0 Å². The van der Waals surface area contributed by atoms with Crippen molar-refractivity contribution < 1.29 is 4.74 Å². The molecule has 4 rings (SSSR count). The lowest BCUT2D eigenvalue weighted by Crippen LogP contribution is -2.06. The van der Waals surface area contributed by atoms with E-state index in [9.17, 15) is 0 Å². The van der Waals surface area contributed by atoms with Crippen LogP contribution in [0.3, 0.4) is 0 Å². The molecule has 0 saturated heterocycles. The van der Waals surface area contributed by atoms with Crippen molar-refractivity contribution in [1.82, 2.24) is 19.7 Å². The SMILES string of the molecule is CCn1c(SCCOC(C)C)nnc1-c1cc(-c2ccccc2)nc2ccccc12. The molecule has 0 aliphatic rings. The molecule has 0 unspecified atom stereocenters. The van der Waals surface area contributed by atoms with Crippen LogP contribution in [-0.2, 0) is 11.3 Å². The van der Waals surface area contributed by atoms with Crippen LogP contribution in [0.15, 0.2) is 65.8 Å². The molecule has 6 heteroatoms. The summed E-state index contributed by atoms with van der Waals surface area (Å²) in [4.78, 5) is 4.89. The second kappa shape index (κ2) is 9.41. The maximum Gasteiger partial charge on any atom is 0.191 e. The minimum Gasteiger partial charge on any atom is -0.378 e. The summed E-state index contributed by atoms with van der Waals surface area (Å²) < 4.78 is 7.84. The van der Waals surface area contributed by atoms with E-state index in [1.807, 2.05) is 30.3 Å². The first kappa shape index (κ1) is 20.6. The van der Waals surface area contributed by atoms with Gasteiger partial charge in [0.2, 0.25) is 0 Å². The second-order valence-corrected chi connectivity index (χ2v) is 8.32. The Kier molecular flexibility index (Phi) is 6.45. The van der Waals surface area contributed by atoms with Gasteiger partial charge in [-0.1, -0.05) is 60.3 Å². The second-order valence-electron chi connectivity index (χ2n) is 7.26. The van der Waals surface area contributed by atoms with Crippen LogP contribution >= 0.6 is 11.8 Å². The van der Waals surface area contributed by atoms with Gasteiger partial charge in [0.25, 0.3) is 0 Å². The van der Waals surface area contributed by atoms with Gasteiger partial charge in [0.15, 0.2) is 11.0 Å². The van der Waals surface area contributed by atoms with Crippen molar-refractivity contribution in [2.45, 2.75) is 38.6 Å². The number of nitrogens with zero attached hydrogens (tertiary/aromatic N) is 4. The van der Waals surface area contributed by atoms with E-state index in [0.29, 0.717) is 6.61 Å². The summed E-state index contributed by atoms with van der Waals surface area (Å²) in [5, 5.41) is 11.1. The molecule has 4 aromatic rings. The topological polar surface area (TPSA) is 52.8 Å². The van der Waals surface area contributed by atoms with E-state index in [2.05, 4.69) is 65.9 Å². The molecule has 0 amide bonds. The van der Waals surface area contributed by atoms with Crippen molar-refractivity contribution in [2.24, 2.45) is 0 Å². The predicted octanol–water partition coefficient (Wildman–Crippen LogP) is 5.70. The van der Waals surface area contributed by atoms with Crippen LogP contribution in [0, 0.1) is 0 Å². The maximum absolute atomic E-state index is 5.66. The Morgan fingerprint density at radius 3 is 2.53 bits per heavy atom. The normalized spacial score (nSPS) is 11.5. The number of hydrogen-bond donors (Lipinski definition) is 0. The molecule has 0 atom stereocenters. The van der Waals surface area contributed by atoms with E-state index in [0.717, 1.165) is 51.0 Å². The van der Waals surface area contributed by atoms with E-state index in [1.165, 1.54) is 0 Å². The largest absolute Gasteiger partial charge is 0.378 e. The molecule has 0 radical (unpaired) electrons. The third-order valence-electron chi connectivity index (χ3n) is 4.83. The van der Waals surface area contributed by atoms with Crippen molar-refractivity contribution in [1.29, 1.82) is 0 Å². The molecule has 0 aliphatic carbocycles. The third kappa shape index (κ3) is 4.40. The number of ether oxygens (including phenoxy) is 1. The zero-order valence-electron chi connectivity index (χ0n) is 17.6. The van der Waals surface area contributed by atoms with Crippen LogP contribution in [-0.4, -0.2) is 38.2 Å². The Morgan fingerprint density at radius 1 is 1.00 bits per heavy atom. The molecule has 2 aromatic carbocycles. The average Bonchev–Trinajstić information content (AvgIpc) is 3.19. The molecule has 2 heterocycles. The van der Waals surface area contributed by atoms with Gasteiger partial charge in [0.1, 0.15) is 0 Å². The Morgan fingerprint density at radius 2 is 1.77 bits per heavy atom. The molecular formula is C24H26N4OS. The summed E-state index contributed by atoms with van der Waals surface area (Å²) in [6.45, 7) is 7.73. The van der Waals surface area contributed by atoms with Gasteiger partial charge < -0.3 is 9.30 Å². The number of rotatable bonds is 8. The summed E-state index contributed by atoms with van der Waals surface area (Å²) >= 11 is 1.68. The lowest BCUT2D eigenvalue weighted by atomic mass is 10.0. The first-order valence-corrected chi connectivity index (χ1v) is 11.3. The highest BCUT2D eigenvalue weighted by Crippen LogP contribution is 2.32. The summed E-state index contributed by atoms with van der Waals surface area (Å²) in [6.07, 6.45) is 0.241. The molecule has 30 heavy (non-hydrogen) atoms. The summed E-state index contributed by atoms with van der Waals surface area (Å²) in [6, 6.07) is 20.6. The first-order chi connectivity index (χ1) is 14.7. The highest BCUT2D eigenvalue weighted by atomic mass is 32.2. The van der Waals surface area contributed by atoms with E-state index >= 15 is 0 Å². The fourth-order valence-electron chi connectivity index (χ4n) is 3.41. The minimum atomic E-state index is 0.241. The molecule has 0 bridgehead atoms. The maximum atomic E-state index is 5.66. The van der Waals surface area contributed by atoms with E-state index in [1.54, 1.807) is 11.8 Å². The van der Waals surface area contributed by atoms with E-state index < -0.39 is 0 Å². The molecule has 0 saturated carbocycles. The van der Waals surface area contributed by atoms with Crippen LogP contribution in [0.1, 0.15) is 20.8 Å². The molecule has 0 fully saturated rings. The van der Waals surface area contributed by atoms with Gasteiger partial charge in [-0.25, -0.2) is 4.98 Å². The van der Waals surface area contributed by atoms with Gasteiger partial charge in [0, 0.05) is 28.8 Å². The standard InChI is InChI=1S/C24H26N4OS/c1-4-28-23(26-27-24(28)30-15-14-29-17(2)3)20-16-22(18-10-6-5-7-11-18)25-21-13-9-8-12-19(20)21/h5-13,16-17H,4,14-15H2,1-3H3. The number of thioether (sulfide) groups is 1. The smallest absolute Gasteiger partial charge is 0.191 e. The van der Waals surface area contributed by atoms with Gasteiger partial charge in [-0.2, -0.15) is 0 Å². The Hall–Kier alpha value is -2.70. The lowest BCUT2D eigenvalue weighted by Gasteiger charge is -2.12.